The van der Waals surface area contributed by atoms with Crippen molar-refractivity contribution in [1.29, 1.82) is 0 Å². The van der Waals surface area contributed by atoms with Crippen LogP contribution in [0.2, 0.25) is 0 Å². The second kappa shape index (κ2) is 3.41. The zero-order chi connectivity index (χ0) is 6.97. The first kappa shape index (κ1) is 8.81. The number of hydrogen-bond acceptors (Lipinski definition) is 2. The lowest BCUT2D eigenvalue weighted by Crippen LogP contribution is -2.37. The van der Waals surface area contributed by atoms with Gasteiger partial charge in [0.25, 0.3) is 0 Å². The Labute approximate surface area is 72.3 Å². The van der Waals surface area contributed by atoms with Gasteiger partial charge in [-0.2, -0.15) is 0 Å². The summed E-state index contributed by atoms with van der Waals surface area (Å²) in [5.74, 6) is 1.14. The normalized spacial score (nSPS) is 35.5. The lowest BCUT2D eigenvalue weighted by Gasteiger charge is -2.22. The van der Waals surface area contributed by atoms with E-state index in [4.69, 9.17) is 0 Å². The van der Waals surface area contributed by atoms with Crippen molar-refractivity contribution in [3.63, 3.8) is 0 Å². The quantitative estimate of drug-likeness (QED) is 0.535. The van der Waals surface area contributed by atoms with Crippen molar-refractivity contribution < 1.29 is 4.79 Å². The molecule has 0 bridgehead atoms. The SMILES string of the molecule is Cl.O=C1NC[C@H]2CCNC[C@@H]12. The van der Waals surface area contributed by atoms with Gasteiger partial charge >= 0.3 is 0 Å². The van der Waals surface area contributed by atoms with Crippen LogP contribution in [0.3, 0.4) is 0 Å². The number of rotatable bonds is 0. The fraction of sp³-hybridized carbons (Fsp3) is 0.857. The van der Waals surface area contributed by atoms with Gasteiger partial charge < -0.3 is 10.6 Å². The molecule has 1 amide bonds. The first-order valence-electron chi connectivity index (χ1n) is 3.86. The summed E-state index contributed by atoms with van der Waals surface area (Å²) >= 11 is 0. The Bertz CT molecular complexity index is 163. The van der Waals surface area contributed by atoms with Gasteiger partial charge in [0.2, 0.25) is 5.91 Å². The summed E-state index contributed by atoms with van der Waals surface area (Å²) < 4.78 is 0. The Kier molecular flexibility index (Phi) is 2.73. The van der Waals surface area contributed by atoms with Crippen LogP contribution in [0.15, 0.2) is 0 Å². The molecule has 3 nitrogen and oxygen atoms in total. The third kappa shape index (κ3) is 1.49. The number of amides is 1. The van der Waals surface area contributed by atoms with Crippen molar-refractivity contribution in [1.82, 2.24) is 10.6 Å². The topological polar surface area (TPSA) is 41.1 Å². The summed E-state index contributed by atoms with van der Waals surface area (Å²) in [7, 11) is 0. The molecule has 2 saturated heterocycles. The molecule has 0 aromatic carbocycles. The summed E-state index contributed by atoms with van der Waals surface area (Å²) in [6, 6.07) is 0. The van der Waals surface area contributed by atoms with Crippen molar-refractivity contribution in [3.05, 3.63) is 0 Å². The van der Waals surface area contributed by atoms with Gasteiger partial charge in [-0.05, 0) is 18.9 Å². The number of carbonyl (C=O) groups excluding carboxylic acids is 1. The van der Waals surface area contributed by atoms with E-state index in [1.54, 1.807) is 0 Å². The van der Waals surface area contributed by atoms with Crippen LogP contribution >= 0.6 is 12.4 Å². The molecule has 0 aromatic heterocycles. The molecule has 0 saturated carbocycles. The first-order valence-corrected chi connectivity index (χ1v) is 3.86. The summed E-state index contributed by atoms with van der Waals surface area (Å²) in [6.07, 6.45) is 1.16. The van der Waals surface area contributed by atoms with Gasteiger partial charge in [-0.1, -0.05) is 0 Å². The van der Waals surface area contributed by atoms with Gasteiger partial charge in [0.15, 0.2) is 0 Å². The highest BCUT2D eigenvalue weighted by Gasteiger charge is 2.35. The molecule has 2 N–H and O–H groups in total. The molecule has 4 heteroatoms. The fourth-order valence-corrected chi connectivity index (χ4v) is 1.83. The lowest BCUT2D eigenvalue weighted by molar-refractivity contribution is -0.123. The minimum absolute atomic E-state index is 0. The molecule has 2 aliphatic rings. The average molecular weight is 177 g/mol. The lowest BCUT2D eigenvalue weighted by atomic mass is 9.89. The molecule has 2 heterocycles. The molecular formula is C7H13ClN2O. The van der Waals surface area contributed by atoms with E-state index < -0.39 is 0 Å². The van der Waals surface area contributed by atoms with Crippen LogP contribution in [0.25, 0.3) is 0 Å². The van der Waals surface area contributed by atoms with E-state index in [-0.39, 0.29) is 24.2 Å². The fourth-order valence-electron chi connectivity index (χ4n) is 1.83. The summed E-state index contributed by atoms with van der Waals surface area (Å²) in [5, 5.41) is 6.11. The smallest absolute Gasteiger partial charge is 0.224 e. The number of hydrogen-bond donors (Lipinski definition) is 2. The van der Waals surface area contributed by atoms with E-state index in [1.807, 2.05) is 0 Å². The Hall–Kier alpha value is -0.280. The van der Waals surface area contributed by atoms with Gasteiger partial charge in [-0.15, -0.1) is 12.4 Å². The van der Waals surface area contributed by atoms with Crippen molar-refractivity contribution >= 4 is 18.3 Å². The van der Waals surface area contributed by atoms with Gasteiger partial charge in [-0.3, -0.25) is 4.79 Å². The molecule has 0 aromatic rings. The van der Waals surface area contributed by atoms with Crippen molar-refractivity contribution in [3.8, 4) is 0 Å². The van der Waals surface area contributed by atoms with E-state index in [0.717, 1.165) is 26.1 Å². The molecule has 11 heavy (non-hydrogen) atoms. The predicted octanol–water partition coefficient (Wildman–Crippen LogP) is -0.236. The zero-order valence-corrected chi connectivity index (χ0v) is 7.12. The van der Waals surface area contributed by atoms with Gasteiger partial charge in [0, 0.05) is 13.1 Å². The Morgan fingerprint density at radius 2 is 2.18 bits per heavy atom. The maximum absolute atomic E-state index is 11.1. The van der Waals surface area contributed by atoms with Crippen molar-refractivity contribution in [2.24, 2.45) is 11.8 Å². The van der Waals surface area contributed by atoms with E-state index in [9.17, 15) is 4.79 Å². The third-order valence-corrected chi connectivity index (χ3v) is 2.50. The van der Waals surface area contributed by atoms with E-state index in [0.29, 0.717) is 5.92 Å². The average Bonchev–Trinajstić information content (AvgIpc) is 2.34. The molecule has 0 unspecified atom stereocenters. The standard InChI is InChI=1S/C7H12N2O.ClH/c10-7-6-4-8-2-1-5(6)3-9-7;/h5-6,8H,1-4H2,(H,9,10);1H/t5-,6-;/m1./s1. The summed E-state index contributed by atoms with van der Waals surface area (Å²) in [4.78, 5) is 11.1. The number of halogens is 1. The maximum Gasteiger partial charge on any atom is 0.224 e. The predicted molar refractivity (Wildman–Crippen MR) is 44.7 cm³/mol. The molecule has 2 rings (SSSR count). The minimum Gasteiger partial charge on any atom is -0.356 e. The van der Waals surface area contributed by atoms with Crippen LogP contribution in [0, 0.1) is 11.8 Å². The molecule has 2 fully saturated rings. The Morgan fingerprint density at radius 3 is 2.91 bits per heavy atom. The van der Waals surface area contributed by atoms with E-state index in [1.165, 1.54) is 0 Å². The summed E-state index contributed by atoms with van der Waals surface area (Å²) in [5.41, 5.74) is 0. The molecular weight excluding hydrogens is 164 g/mol. The highest BCUT2D eigenvalue weighted by molar-refractivity contribution is 5.85. The third-order valence-electron chi connectivity index (χ3n) is 2.50. The second-order valence-corrected chi connectivity index (χ2v) is 3.10. The second-order valence-electron chi connectivity index (χ2n) is 3.10. The largest absolute Gasteiger partial charge is 0.356 e. The highest BCUT2D eigenvalue weighted by atomic mass is 35.5. The van der Waals surface area contributed by atoms with Crippen molar-refractivity contribution in [2.45, 2.75) is 6.42 Å². The van der Waals surface area contributed by atoms with Gasteiger partial charge in [0.05, 0.1) is 5.92 Å². The van der Waals surface area contributed by atoms with Crippen LogP contribution in [0.4, 0.5) is 0 Å². The molecule has 0 radical (unpaired) electrons. The summed E-state index contributed by atoms with van der Waals surface area (Å²) in [6.45, 7) is 2.87. The number of carbonyl (C=O) groups is 1. The Morgan fingerprint density at radius 1 is 1.36 bits per heavy atom. The monoisotopic (exact) mass is 176 g/mol. The number of piperidine rings is 1. The molecule has 2 aliphatic heterocycles. The van der Waals surface area contributed by atoms with Crippen LogP contribution in [-0.4, -0.2) is 25.5 Å². The maximum atomic E-state index is 11.1. The van der Waals surface area contributed by atoms with Crippen LogP contribution in [0.5, 0.6) is 0 Å². The van der Waals surface area contributed by atoms with Crippen molar-refractivity contribution in [2.75, 3.05) is 19.6 Å². The van der Waals surface area contributed by atoms with Crippen LogP contribution < -0.4 is 10.6 Å². The molecule has 64 valence electrons. The van der Waals surface area contributed by atoms with E-state index >= 15 is 0 Å². The van der Waals surface area contributed by atoms with Crippen LogP contribution in [-0.2, 0) is 4.79 Å². The van der Waals surface area contributed by atoms with Gasteiger partial charge in [0.1, 0.15) is 0 Å². The minimum atomic E-state index is 0. The number of fused-ring (bicyclic) bond motifs is 1. The molecule has 0 aliphatic carbocycles. The highest BCUT2D eigenvalue weighted by Crippen LogP contribution is 2.22. The zero-order valence-electron chi connectivity index (χ0n) is 6.30. The van der Waals surface area contributed by atoms with Crippen LogP contribution in [0.1, 0.15) is 6.42 Å². The Balaban J connectivity index is 0.000000605. The van der Waals surface area contributed by atoms with Gasteiger partial charge in [-0.25, -0.2) is 0 Å². The molecule has 2 atom stereocenters. The first-order chi connectivity index (χ1) is 4.88. The molecule has 0 spiro atoms. The number of nitrogens with one attached hydrogen (secondary N) is 2. The van der Waals surface area contributed by atoms with E-state index in [2.05, 4.69) is 10.6 Å².